The Morgan fingerprint density at radius 1 is 0.968 bits per heavy atom. The molecule has 0 saturated heterocycles. The van der Waals surface area contributed by atoms with E-state index in [9.17, 15) is 4.79 Å². The van der Waals surface area contributed by atoms with Crippen molar-refractivity contribution in [1.29, 1.82) is 0 Å². The minimum atomic E-state index is -0.190. The first-order valence-electron chi connectivity index (χ1n) is 10.5. The topological polar surface area (TPSA) is 55.1 Å². The molecule has 0 bridgehead atoms. The molecular formula is C27H26N2O2. The Kier molecular flexibility index (Phi) is 5.72. The van der Waals surface area contributed by atoms with Crippen molar-refractivity contribution >= 4 is 28.8 Å². The molecule has 1 amide bonds. The van der Waals surface area contributed by atoms with Crippen LogP contribution in [0.5, 0.6) is 0 Å². The number of hydrogen-bond acceptors (Lipinski definition) is 3. The lowest BCUT2D eigenvalue weighted by Gasteiger charge is -2.04. The van der Waals surface area contributed by atoms with Crippen molar-refractivity contribution < 1.29 is 9.21 Å². The van der Waals surface area contributed by atoms with E-state index in [1.54, 1.807) is 0 Å². The molecule has 156 valence electrons. The van der Waals surface area contributed by atoms with E-state index in [0.717, 1.165) is 11.1 Å². The summed E-state index contributed by atoms with van der Waals surface area (Å²) >= 11 is 0. The van der Waals surface area contributed by atoms with Crippen LogP contribution in [0.2, 0.25) is 0 Å². The largest absolute Gasteiger partial charge is 0.436 e. The normalized spacial score (nSPS) is 11.5. The molecule has 4 rings (SSSR count). The zero-order valence-electron chi connectivity index (χ0n) is 18.3. The van der Waals surface area contributed by atoms with Gasteiger partial charge < -0.3 is 9.73 Å². The van der Waals surface area contributed by atoms with Crippen molar-refractivity contribution in [3.8, 4) is 11.5 Å². The minimum absolute atomic E-state index is 0.190. The number of aryl methyl sites for hydroxylation is 2. The van der Waals surface area contributed by atoms with Gasteiger partial charge in [-0.15, -0.1) is 0 Å². The quantitative estimate of drug-likeness (QED) is 0.365. The van der Waals surface area contributed by atoms with Gasteiger partial charge in [0.15, 0.2) is 5.58 Å². The first-order chi connectivity index (χ1) is 14.9. The van der Waals surface area contributed by atoms with Crippen LogP contribution in [0.3, 0.4) is 0 Å². The van der Waals surface area contributed by atoms with Gasteiger partial charge in [-0.3, -0.25) is 4.79 Å². The lowest BCUT2D eigenvalue weighted by Crippen LogP contribution is -2.07. The summed E-state index contributed by atoms with van der Waals surface area (Å²) < 4.78 is 5.90. The number of carbonyl (C=O) groups is 1. The number of benzene rings is 3. The summed E-state index contributed by atoms with van der Waals surface area (Å²) in [7, 11) is 0. The molecule has 0 aliphatic carbocycles. The number of aromatic nitrogens is 1. The zero-order chi connectivity index (χ0) is 22.0. The first-order valence-corrected chi connectivity index (χ1v) is 10.5. The summed E-state index contributed by atoms with van der Waals surface area (Å²) in [6.45, 7) is 8.47. The van der Waals surface area contributed by atoms with Crippen LogP contribution in [0.15, 0.2) is 71.2 Å². The van der Waals surface area contributed by atoms with Crippen LogP contribution < -0.4 is 5.32 Å². The van der Waals surface area contributed by atoms with Crippen molar-refractivity contribution in [2.24, 2.45) is 0 Å². The van der Waals surface area contributed by atoms with E-state index in [2.05, 4.69) is 62.3 Å². The molecule has 0 aliphatic heterocycles. The van der Waals surface area contributed by atoms with E-state index in [0.29, 0.717) is 28.6 Å². The Morgan fingerprint density at radius 2 is 1.74 bits per heavy atom. The van der Waals surface area contributed by atoms with Gasteiger partial charge in [-0.25, -0.2) is 4.98 Å². The monoisotopic (exact) mass is 410 g/mol. The average molecular weight is 411 g/mol. The first kappa shape index (κ1) is 20.6. The number of hydrogen-bond donors (Lipinski definition) is 1. The summed E-state index contributed by atoms with van der Waals surface area (Å²) in [6.07, 6.45) is 3.35. The highest BCUT2D eigenvalue weighted by atomic mass is 16.3. The van der Waals surface area contributed by atoms with E-state index in [4.69, 9.17) is 4.42 Å². The van der Waals surface area contributed by atoms with Gasteiger partial charge in [-0.05, 0) is 78.4 Å². The molecule has 0 unspecified atom stereocenters. The fraction of sp³-hybridized carbons (Fsp3) is 0.185. The molecule has 31 heavy (non-hydrogen) atoms. The van der Waals surface area contributed by atoms with Crippen molar-refractivity contribution in [3.63, 3.8) is 0 Å². The van der Waals surface area contributed by atoms with Crippen molar-refractivity contribution in [3.05, 3.63) is 89.0 Å². The van der Waals surface area contributed by atoms with Crippen molar-refractivity contribution in [2.75, 3.05) is 5.32 Å². The second-order valence-electron chi connectivity index (χ2n) is 8.14. The Morgan fingerprint density at radius 3 is 2.45 bits per heavy atom. The molecule has 0 fully saturated rings. The van der Waals surface area contributed by atoms with E-state index in [-0.39, 0.29) is 5.91 Å². The van der Waals surface area contributed by atoms with Gasteiger partial charge in [0.2, 0.25) is 11.8 Å². The lowest BCUT2D eigenvalue weighted by molar-refractivity contribution is -0.111. The number of nitrogens with zero attached hydrogens (tertiary/aromatic N) is 1. The number of rotatable bonds is 5. The molecule has 4 heteroatoms. The number of nitrogens with one attached hydrogen (secondary N) is 1. The van der Waals surface area contributed by atoms with Crippen LogP contribution in [0.25, 0.3) is 28.6 Å². The van der Waals surface area contributed by atoms with E-state index < -0.39 is 0 Å². The maximum absolute atomic E-state index is 12.4. The van der Waals surface area contributed by atoms with Crippen molar-refractivity contribution in [2.45, 2.75) is 33.6 Å². The van der Waals surface area contributed by atoms with Gasteiger partial charge in [0, 0.05) is 17.3 Å². The van der Waals surface area contributed by atoms with Crippen LogP contribution in [0, 0.1) is 13.8 Å². The molecule has 0 spiro atoms. The molecule has 0 atom stereocenters. The molecule has 4 nitrogen and oxygen atoms in total. The highest BCUT2D eigenvalue weighted by Crippen LogP contribution is 2.27. The number of carbonyl (C=O) groups excluding carboxylic acids is 1. The molecule has 0 radical (unpaired) electrons. The molecule has 4 aromatic rings. The van der Waals surface area contributed by atoms with Crippen molar-refractivity contribution in [1.82, 2.24) is 4.98 Å². The summed E-state index contributed by atoms with van der Waals surface area (Å²) in [4.78, 5) is 17.0. The number of amides is 1. The summed E-state index contributed by atoms with van der Waals surface area (Å²) in [5.74, 6) is 0.875. The van der Waals surface area contributed by atoms with Crippen LogP contribution in [-0.2, 0) is 4.79 Å². The SMILES string of the molecule is Cc1ccc(-c2nc3cc(NC(=O)C=Cc4ccc(C(C)C)cc4)ccc3o2)cc1C. The Bertz CT molecular complexity index is 1260. The predicted molar refractivity (Wildman–Crippen MR) is 127 cm³/mol. The van der Waals surface area contributed by atoms with Gasteiger partial charge in [-0.1, -0.05) is 44.2 Å². The molecule has 1 aromatic heterocycles. The Balaban J connectivity index is 1.48. The maximum atomic E-state index is 12.4. The minimum Gasteiger partial charge on any atom is -0.436 e. The predicted octanol–water partition coefficient (Wildman–Crippen LogP) is 6.89. The van der Waals surface area contributed by atoms with Crippen LogP contribution >= 0.6 is 0 Å². The van der Waals surface area contributed by atoms with Crippen LogP contribution in [0.1, 0.15) is 42.0 Å². The average Bonchev–Trinajstić information content (AvgIpc) is 3.18. The summed E-state index contributed by atoms with van der Waals surface area (Å²) in [6, 6.07) is 19.8. The highest BCUT2D eigenvalue weighted by Gasteiger charge is 2.10. The van der Waals surface area contributed by atoms with E-state index >= 15 is 0 Å². The molecule has 1 N–H and O–H groups in total. The van der Waals surface area contributed by atoms with E-state index in [1.807, 2.05) is 42.5 Å². The third-order valence-corrected chi connectivity index (χ3v) is 5.44. The summed E-state index contributed by atoms with van der Waals surface area (Å²) in [5, 5.41) is 2.89. The standard InChI is InChI=1S/C27H26N2O2/c1-17(2)21-10-6-20(7-11-21)8-14-26(30)28-23-12-13-25-24(16-23)29-27(31-25)22-9-5-18(3)19(4)15-22/h5-17H,1-4H3,(H,28,30). The fourth-order valence-electron chi connectivity index (χ4n) is 3.35. The van der Waals surface area contributed by atoms with Gasteiger partial charge >= 0.3 is 0 Å². The number of fused-ring (bicyclic) bond motifs is 1. The Labute approximate surface area is 182 Å². The van der Waals surface area contributed by atoms with E-state index in [1.165, 1.54) is 22.8 Å². The molecule has 3 aromatic carbocycles. The van der Waals surface area contributed by atoms with Gasteiger partial charge in [0.1, 0.15) is 5.52 Å². The van der Waals surface area contributed by atoms with Crippen LogP contribution in [-0.4, -0.2) is 10.9 Å². The maximum Gasteiger partial charge on any atom is 0.248 e. The third-order valence-electron chi connectivity index (χ3n) is 5.44. The number of oxazole rings is 1. The zero-order valence-corrected chi connectivity index (χ0v) is 18.3. The Hall–Kier alpha value is -3.66. The highest BCUT2D eigenvalue weighted by molar-refractivity contribution is 6.02. The lowest BCUT2D eigenvalue weighted by atomic mass is 10.0. The smallest absolute Gasteiger partial charge is 0.248 e. The van der Waals surface area contributed by atoms with Gasteiger partial charge in [0.25, 0.3) is 0 Å². The molecule has 0 saturated carbocycles. The number of anilines is 1. The van der Waals surface area contributed by atoms with Gasteiger partial charge in [0.05, 0.1) is 0 Å². The van der Waals surface area contributed by atoms with Gasteiger partial charge in [-0.2, -0.15) is 0 Å². The fourth-order valence-corrected chi connectivity index (χ4v) is 3.35. The molecular weight excluding hydrogens is 384 g/mol. The second-order valence-corrected chi connectivity index (χ2v) is 8.14. The van der Waals surface area contributed by atoms with Crippen LogP contribution in [0.4, 0.5) is 5.69 Å². The molecule has 1 heterocycles. The molecule has 0 aliphatic rings. The summed E-state index contributed by atoms with van der Waals surface area (Å²) in [5.41, 5.74) is 7.71. The second kappa shape index (κ2) is 8.60. The third kappa shape index (κ3) is 4.75.